The molecule has 27 heavy (non-hydrogen) atoms. The zero-order valence-corrected chi connectivity index (χ0v) is 15.6. The number of likely N-dealkylation sites (tertiary alicyclic amines) is 1. The van der Waals surface area contributed by atoms with Gasteiger partial charge >= 0.3 is 0 Å². The number of nitrogens with zero attached hydrogens (tertiary/aromatic N) is 4. The number of fused-ring (bicyclic) bond motifs is 1. The third kappa shape index (κ3) is 3.46. The van der Waals surface area contributed by atoms with Crippen molar-refractivity contribution in [3.63, 3.8) is 0 Å². The Morgan fingerprint density at radius 3 is 2.78 bits per heavy atom. The largest absolute Gasteiger partial charge is 0.338 e. The molecule has 2 aliphatic rings. The van der Waals surface area contributed by atoms with Gasteiger partial charge < -0.3 is 9.47 Å². The summed E-state index contributed by atoms with van der Waals surface area (Å²) in [7, 11) is 1.65. The van der Waals surface area contributed by atoms with E-state index in [9.17, 15) is 14.4 Å². The van der Waals surface area contributed by atoms with Crippen LogP contribution >= 0.6 is 0 Å². The minimum atomic E-state index is -0.265. The predicted molar refractivity (Wildman–Crippen MR) is 101 cm³/mol. The van der Waals surface area contributed by atoms with Crippen LogP contribution in [0.3, 0.4) is 0 Å². The zero-order valence-electron chi connectivity index (χ0n) is 15.6. The Bertz CT molecular complexity index is 983. The number of carbonyl (C=O) groups is 1. The molecule has 0 saturated carbocycles. The van der Waals surface area contributed by atoms with E-state index in [1.54, 1.807) is 41.0 Å². The van der Waals surface area contributed by atoms with Gasteiger partial charge in [-0.05, 0) is 55.7 Å². The number of hydrogen-bond donors (Lipinski definition) is 0. The molecule has 0 atom stereocenters. The van der Waals surface area contributed by atoms with Crippen molar-refractivity contribution in [3.05, 3.63) is 61.9 Å². The van der Waals surface area contributed by atoms with Gasteiger partial charge in [-0.15, -0.1) is 0 Å². The van der Waals surface area contributed by atoms with Crippen LogP contribution in [-0.4, -0.2) is 38.2 Å². The van der Waals surface area contributed by atoms with Crippen molar-refractivity contribution in [1.29, 1.82) is 0 Å². The van der Waals surface area contributed by atoms with E-state index in [-0.39, 0.29) is 22.6 Å². The van der Waals surface area contributed by atoms with E-state index in [1.807, 2.05) is 0 Å². The third-order valence-corrected chi connectivity index (χ3v) is 5.71. The number of aromatic nitrogens is 3. The van der Waals surface area contributed by atoms with Crippen LogP contribution in [0.1, 0.15) is 40.9 Å². The van der Waals surface area contributed by atoms with Gasteiger partial charge in [0.1, 0.15) is 5.56 Å². The molecule has 0 unspecified atom stereocenters. The number of aryl methyl sites for hydroxylation is 3. The summed E-state index contributed by atoms with van der Waals surface area (Å²) in [5, 5.41) is 4.55. The van der Waals surface area contributed by atoms with Crippen LogP contribution in [0.4, 0.5) is 0 Å². The summed E-state index contributed by atoms with van der Waals surface area (Å²) < 4.78 is 3.02. The zero-order chi connectivity index (χ0) is 19.0. The van der Waals surface area contributed by atoms with Crippen LogP contribution in [0.25, 0.3) is 0 Å². The molecule has 0 N–H and O–H groups in total. The highest BCUT2D eigenvalue weighted by molar-refractivity contribution is 5.93. The molecule has 2 aromatic rings. The van der Waals surface area contributed by atoms with Gasteiger partial charge in [0.25, 0.3) is 17.0 Å². The fourth-order valence-electron chi connectivity index (χ4n) is 4.06. The van der Waals surface area contributed by atoms with Gasteiger partial charge in [-0.2, -0.15) is 5.10 Å². The lowest BCUT2D eigenvalue weighted by atomic mass is 9.96. The molecule has 1 aliphatic carbocycles. The summed E-state index contributed by atoms with van der Waals surface area (Å²) in [6.07, 6.45) is 6.25. The molecule has 2 aromatic heterocycles. The van der Waals surface area contributed by atoms with Crippen molar-refractivity contribution in [2.24, 2.45) is 13.0 Å². The molecule has 4 rings (SSSR count). The Morgan fingerprint density at radius 2 is 2.00 bits per heavy atom. The van der Waals surface area contributed by atoms with Crippen LogP contribution < -0.4 is 11.1 Å². The van der Waals surface area contributed by atoms with Crippen molar-refractivity contribution in [2.45, 2.75) is 38.6 Å². The van der Waals surface area contributed by atoms with E-state index in [1.165, 1.54) is 4.57 Å². The molecule has 7 nitrogen and oxygen atoms in total. The third-order valence-electron chi connectivity index (χ3n) is 5.71. The van der Waals surface area contributed by atoms with E-state index >= 15 is 0 Å². The summed E-state index contributed by atoms with van der Waals surface area (Å²) >= 11 is 0. The van der Waals surface area contributed by atoms with Gasteiger partial charge in [0.15, 0.2) is 0 Å². The summed E-state index contributed by atoms with van der Waals surface area (Å²) in [5.74, 6) is 0.111. The Kier molecular flexibility index (Phi) is 4.68. The fourth-order valence-corrected chi connectivity index (χ4v) is 4.06. The minimum Gasteiger partial charge on any atom is -0.338 e. The molecule has 142 valence electrons. The molecule has 1 saturated heterocycles. The lowest BCUT2D eigenvalue weighted by Gasteiger charge is -2.32. The Hall–Kier alpha value is -2.70. The van der Waals surface area contributed by atoms with Crippen LogP contribution in [0.5, 0.6) is 0 Å². The standard InChI is InChI=1S/C20H24N4O3/c1-22-9-3-5-16(19(22)26)20(27)23-10-7-14(8-11-23)13-24-18(25)12-15-4-2-6-17(15)21-24/h3,5,9,12,14H,2,4,6-8,10-11,13H2,1H3. The second kappa shape index (κ2) is 7.13. The van der Waals surface area contributed by atoms with Crippen molar-refractivity contribution in [3.8, 4) is 0 Å². The van der Waals surface area contributed by atoms with Crippen molar-refractivity contribution in [2.75, 3.05) is 13.1 Å². The number of piperidine rings is 1. The highest BCUT2D eigenvalue weighted by Gasteiger charge is 2.26. The monoisotopic (exact) mass is 368 g/mol. The van der Waals surface area contributed by atoms with Gasteiger partial charge in [-0.1, -0.05) is 0 Å². The van der Waals surface area contributed by atoms with Crippen molar-refractivity contribution < 1.29 is 4.79 Å². The van der Waals surface area contributed by atoms with E-state index in [4.69, 9.17) is 0 Å². The molecule has 0 radical (unpaired) electrons. The van der Waals surface area contributed by atoms with Gasteiger partial charge in [0, 0.05) is 38.9 Å². The molecule has 1 aliphatic heterocycles. The maximum Gasteiger partial charge on any atom is 0.267 e. The normalized spacial score (nSPS) is 17.1. The smallest absolute Gasteiger partial charge is 0.267 e. The highest BCUT2D eigenvalue weighted by atomic mass is 16.2. The van der Waals surface area contributed by atoms with E-state index in [2.05, 4.69) is 5.10 Å². The quantitative estimate of drug-likeness (QED) is 0.809. The summed E-state index contributed by atoms with van der Waals surface area (Å²) in [5.41, 5.74) is 2.08. The molecule has 7 heteroatoms. The molecular formula is C20H24N4O3. The molecule has 0 bridgehead atoms. The second-order valence-corrected chi connectivity index (χ2v) is 7.56. The average molecular weight is 368 g/mol. The Balaban J connectivity index is 1.41. The first kappa shape index (κ1) is 17.7. The van der Waals surface area contributed by atoms with Crippen LogP contribution in [0, 0.1) is 5.92 Å². The minimum absolute atomic E-state index is 0.0260. The second-order valence-electron chi connectivity index (χ2n) is 7.56. The van der Waals surface area contributed by atoms with E-state index in [0.717, 1.165) is 43.4 Å². The summed E-state index contributed by atoms with van der Waals surface area (Å²) in [6, 6.07) is 5.04. The fraction of sp³-hybridized carbons (Fsp3) is 0.500. The summed E-state index contributed by atoms with van der Waals surface area (Å²) in [4.78, 5) is 38.8. The first-order chi connectivity index (χ1) is 13.0. The SMILES string of the molecule is Cn1cccc(C(=O)N2CCC(Cn3nc4c(cc3=O)CCC4)CC2)c1=O. The molecule has 1 fully saturated rings. The topological polar surface area (TPSA) is 77.2 Å². The van der Waals surface area contributed by atoms with Crippen LogP contribution in [0.2, 0.25) is 0 Å². The van der Waals surface area contributed by atoms with Gasteiger partial charge in [0.2, 0.25) is 0 Å². The molecule has 1 amide bonds. The predicted octanol–water partition coefficient (Wildman–Crippen LogP) is 0.983. The number of carbonyl (C=O) groups excluding carboxylic acids is 1. The molecule has 3 heterocycles. The highest BCUT2D eigenvalue weighted by Crippen LogP contribution is 2.21. The van der Waals surface area contributed by atoms with Gasteiger partial charge in [-0.25, -0.2) is 4.68 Å². The average Bonchev–Trinajstić information content (AvgIpc) is 3.11. The Labute approximate surface area is 157 Å². The lowest BCUT2D eigenvalue weighted by Crippen LogP contribution is -2.42. The molecule has 0 spiro atoms. The van der Waals surface area contributed by atoms with Crippen molar-refractivity contribution >= 4 is 5.91 Å². The van der Waals surface area contributed by atoms with Crippen LogP contribution in [0.15, 0.2) is 34.0 Å². The first-order valence-electron chi connectivity index (χ1n) is 9.58. The molecule has 0 aromatic carbocycles. The van der Waals surface area contributed by atoms with Gasteiger partial charge in [-0.3, -0.25) is 14.4 Å². The van der Waals surface area contributed by atoms with E-state index < -0.39 is 0 Å². The lowest BCUT2D eigenvalue weighted by molar-refractivity contribution is 0.0678. The number of hydrogen-bond acceptors (Lipinski definition) is 4. The summed E-state index contributed by atoms with van der Waals surface area (Å²) in [6.45, 7) is 1.80. The number of amides is 1. The van der Waals surface area contributed by atoms with Crippen LogP contribution in [-0.2, 0) is 26.4 Å². The maximum atomic E-state index is 12.7. The maximum absolute atomic E-state index is 12.7. The number of rotatable bonds is 3. The van der Waals surface area contributed by atoms with Crippen molar-refractivity contribution in [1.82, 2.24) is 19.2 Å². The first-order valence-corrected chi connectivity index (χ1v) is 9.58. The van der Waals surface area contributed by atoms with E-state index in [0.29, 0.717) is 25.6 Å². The Morgan fingerprint density at radius 1 is 1.22 bits per heavy atom. The van der Waals surface area contributed by atoms with Gasteiger partial charge in [0.05, 0.1) is 5.69 Å². The molecular weight excluding hydrogens is 344 g/mol. The number of pyridine rings is 1.